The molecule has 0 aliphatic carbocycles. The Balaban J connectivity index is 2.17. The largest absolute Gasteiger partial charge is 0.436 e. The lowest BCUT2D eigenvalue weighted by atomic mass is 10.1. The maximum absolute atomic E-state index is 11.7. The standard InChI is InChI=1S/C18H18N2O2/c1-4-15(21)19-13-9-5-7-11(2)16(13)18-20-17-12(3)8-6-10-14(17)22-18/h5-10H,4H2,1-3H3,(H,19,21). The first-order valence-electron chi connectivity index (χ1n) is 7.36. The third kappa shape index (κ3) is 2.48. The van der Waals surface area contributed by atoms with Crippen LogP contribution in [0.5, 0.6) is 0 Å². The van der Waals surface area contributed by atoms with Crippen LogP contribution in [0, 0.1) is 13.8 Å². The van der Waals surface area contributed by atoms with Crippen LogP contribution in [0.2, 0.25) is 0 Å². The molecule has 0 saturated carbocycles. The number of fused-ring (bicyclic) bond motifs is 1. The van der Waals surface area contributed by atoms with E-state index in [0.29, 0.717) is 12.3 Å². The molecule has 0 atom stereocenters. The van der Waals surface area contributed by atoms with Crippen LogP contribution in [0.25, 0.3) is 22.6 Å². The van der Waals surface area contributed by atoms with E-state index in [1.807, 2.05) is 57.2 Å². The molecule has 2 aromatic carbocycles. The molecule has 0 bridgehead atoms. The summed E-state index contributed by atoms with van der Waals surface area (Å²) in [5.41, 5.74) is 5.26. The number of oxazole rings is 1. The van der Waals surface area contributed by atoms with Gasteiger partial charge in [0.2, 0.25) is 11.8 Å². The second-order valence-electron chi connectivity index (χ2n) is 5.34. The summed E-state index contributed by atoms with van der Waals surface area (Å²) in [6.07, 6.45) is 0.431. The van der Waals surface area contributed by atoms with E-state index in [0.717, 1.165) is 33.5 Å². The van der Waals surface area contributed by atoms with Gasteiger partial charge in [-0.3, -0.25) is 4.79 Å². The fourth-order valence-electron chi connectivity index (χ4n) is 2.49. The minimum Gasteiger partial charge on any atom is -0.436 e. The van der Waals surface area contributed by atoms with E-state index in [1.165, 1.54) is 0 Å². The van der Waals surface area contributed by atoms with Crippen molar-refractivity contribution in [2.45, 2.75) is 27.2 Å². The average molecular weight is 294 g/mol. The first-order valence-corrected chi connectivity index (χ1v) is 7.36. The minimum atomic E-state index is -0.0286. The molecule has 1 N–H and O–H groups in total. The van der Waals surface area contributed by atoms with Crippen LogP contribution in [0.3, 0.4) is 0 Å². The number of rotatable bonds is 3. The number of nitrogens with one attached hydrogen (secondary N) is 1. The zero-order chi connectivity index (χ0) is 15.7. The van der Waals surface area contributed by atoms with Crippen molar-refractivity contribution in [2.75, 3.05) is 5.32 Å². The van der Waals surface area contributed by atoms with E-state index in [1.54, 1.807) is 0 Å². The maximum atomic E-state index is 11.7. The van der Waals surface area contributed by atoms with Crippen LogP contribution in [-0.4, -0.2) is 10.9 Å². The quantitative estimate of drug-likeness (QED) is 0.776. The molecule has 0 spiro atoms. The summed E-state index contributed by atoms with van der Waals surface area (Å²) in [5, 5.41) is 2.92. The lowest BCUT2D eigenvalue weighted by Gasteiger charge is -2.10. The van der Waals surface area contributed by atoms with E-state index in [-0.39, 0.29) is 5.91 Å². The zero-order valence-corrected chi connectivity index (χ0v) is 12.9. The van der Waals surface area contributed by atoms with Gasteiger partial charge in [0.05, 0.1) is 11.3 Å². The van der Waals surface area contributed by atoms with Gasteiger partial charge >= 0.3 is 0 Å². The molecule has 1 heterocycles. The number of aryl methyl sites for hydroxylation is 2. The summed E-state index contributed by atoms with van der Waals surface area (Å²) in [5.74, 6) is 0.507. The van der Waals surface area contributed by atoms with Gasteiger partial charge in [-0.05, 0) is 37.1 Å². The smallest absolute Gasteiger partial charge is 0.229 e. The predicted molar refractivity (Wildman–Crippen MR) is 87.8 cm³/mol. The zero-order valence-electron chi connectivity index (χ0n) is 12.9. The van der Waals surface area contributed by atoms with Gasteiger partial charge in [0.25, 0.3) is 0 Å². The lowest BCUT2D eigenvalue weighted by molar-refractivity contribution is -0.115. The number of benzene rings is 2. The lowest BCUT2D eigenvalue weighted by Crippen LogP contribution is -2.10. The van der Waals surface area contributed by atoms with Crippen LogP contribution >= 0.6 is 0 Å². The third-order valence-electron chi connectivity index (χ3n) is 3.70. The molecule has 0 unspecified atom stereocenters. The predicted octanol–water partition coefficient (Wildman–Crippen LogP) is 4.46. The Labute approximate surface area is 129 Å². The van der Waals surface area contributed by atoms with Gasteiger partial charge in [-0.1, -0.05) is 31.2 Å². The first kappa shape index (κ1) is 14.3. The molecule has 22 heavy (non-hydrogen) atoms. The summed E-state index contributed by atoms with van der Waals surface area (Å²) in [6, 6.07) is 11.6. The molecule has 0 saturated heterocycles. The van der Waals surface area contributed by atoms with Crippen LogP contribution < -0.4 is 5.32 Å². The van der Waals surface area contributed by atoms with E-state index in [2.05, 4.69) is 10.3 Å². The number of hydrogen-bond donors (Lipinski definition) is 1. The number of carbonyl (C=O) groups is 1. The van der Waals surface area contributed by atoms with Crippen molar-refractivity contribution in [2.24, 2.45) is 0 Å². The molecule has 0 aliphatic rings. The van der Waals surface area contributed by atoms with Crippen molar-refractivity contribution in [1.82, 2.24) is 4.98 Å². The highest BCUT2D eigenvalue weighted by Gasteiger charge is 2.16. The molecule has 3 aromatic rings. The fourth-order valence-corrected chi connectivity index (χ4v) is 2.49. The number of anilines is 1. The third-order valence-corrected chi connectivity index (χ3v) is 3.70. The minimum absolute atomic E-state index is 0.0286. The highest BCUT2D eigenvalue weighted by molar-refractivity contribution is 5.95. The van der Waals surface area contributed by atoms with Crippen LogP contribution in [0.15, 0.2) is 40.8 Å². The van der Waals surface area contributed by atoms with Crippen molar-refractivity contribution in [3.63, 3.8) is 0 Å². The normalized spacial score (nSPS) is 10.9. The molecule has 112 valence electrons. The van der Waals surface area contributed by atoms with E-state index >= 15 is 0 Å². The Kier molecular flexibility index (Phi) is 3.67. The number of carbonyl (C=O) groups excluding carboxylic acids is 1. The Morgan fingerprint density at radius 3 is 2.59 bits per heavy atom. The highest BCUT2D eigenvalue weighted by Crippen LogP contribution is 2.33. The van der Waals surface area contributed by atoms with E-state index in [4.69, 9.17) is 4.42 Å². The Morgan fingerprint density at radius 2 is 1.86 bits per heavy atom. The number of nitrogens with zero attached hydrogens (tertiary/aromatic N) is 1. The summed E-state index contributed by atoms with van der Waals surface area (Å²) in [4.78, 5) is 16.4. The van der Waals surface area contributed by atoms with Crippen LogP contribution in [0.4, 0.5) is 5.69 Å². The molecule has 1 aromatic heterocycles. The van der Waals surface area contributed by atoms with E-state index in [9.17, 15) is 4.79 Å². The summed E-state index contributed by atoms with van der Waals surface area (Å²) >= 11 is 0. The fraction of sp³-hybridized carbons (Fsp3) is 0.222. The topological polar surface area (TPSA) is 55.1 Å². The Hall–Kier alpha value is -2.62. The summed E-state index contributed by atoms with van der Waals surface area (Å²) < 4.78 is 5.91. The molecule has 0 fully saturated rings. The number of para-hydroxylation sites is 1. The number of amides is 1. The van der Waals surface area contributed by atoms with Crippen molar-refractivity contribution in [3.05, 3.63) is 47.5 Å². The van der Waals surface area contributed by atoms with Gasteiger partial charge in [0, 0.05) is 6.42 Å². The van der Waals surface area contributed by atoms with Crippen LogP contribution in [-0.2, 0) is 4.79 Å². The molecular weight excluding hydrogens is 276 g/mol. The average Bonchev–Trinajstić information content (AvgIpc) is 2.92. The molecule has 3 rings (SSSR count). The van der Waals surface area contributed by atoms with Gasteiger partial charge in [-0.2, -0.15) is 0 Å². The molecule has 4 heteroatoms. The molecule has 0 radical (unpaired) electrons. The molecular formula is C18H18N2O2. The summed E-state index contributed by atoms with van der Waals surface area (Å²) in [7, 11) is 0. The van der Waals surface area contributed by atoms with Crippen molar-refractivity contribution in [3.8, 4) is 11.5 Å². The van der Waals surface area contributed by atoms with Gasteiger partial charge in [-0.15, -0.1) is 0 Å². The monoisotopic (exact) mass is 294 g/mol. The molecule has 4 nitrogen and oxygen atoms in total. The highest BCUT2D eigenvalue weighted by atomic mass is 16.3. The molecule has 1 amide bonds. The van der Waals surface area contributed by atoms with Crippen LogP contribution in [0.1, 0.15) is 24.5 Å². The second kappa shape index (κ2) is 5.64. The Morgan fingerprint density at radius 1 is 1.14 bits per heavy atom. The van der Waals surface area contributed by atoms with Crippen molar-refractivity contribution < 1.29 is 9.21 Å². The van der Waals surface area contributed by atoms with E-state index < -0.39 is 0 Å². The first-order chi connectivity index (χ1) is 10.6. The van der Waals surface area contributed by atoms with Crippen molar-refractivity contribution >= 4 is 22.7 Å². The maximum Gasteiger partial charge on any atom is 0.229 e. The second-order valence-corrected chi connectivity index (χ2v) is 5.34. The SMILES string of the molecule is CCC(=O)Nc1cccc(C)c1-c1nc2c(C)cccc2o1. The number of hydrogen-bond acceptors (Lipinski definition) is 3. The Bertz CT molecular complexity index is 849. The number of aromatic nitrogens is 1. The van der Waals surface area contributed by atoms with Gasteiger partial charge < -0.3 is 9.73 Å². The molecule has 0 aliphatic heterocycles. The summed E-state index contributed by atoms with van der Waals surface area (Å²) in [6.45, 7) is 5.82. The van der Waals surface area contributed by atoms with Crippen molar-refractivity contribution in [1.29, 1.82) is 0 Å². The van der Waals surface area contributed by atoms with Gasteiger partial charge in [0.15, 0.2) is 5.58 Å². The van der Waals surface area contributed by atoms with Gasteiger partial charge in [-0.25, -0.2) is 4.98 Å². The van der Waals surface area contributed by atoms with Gasteiger partial charge in [0.1, 0.15) is 5.52 Å².